The Bertz CT molecular complexity index is 3190. The zero-order valence-electron chi connectivity index (χ0n) is 30.1. The van der Waals surface area contributed by atoms with Crippen LogP contribution in [0.4, 0.5) is 0 Å². The van der Waals surface area contributed by atoms with Crippen molar-refractivity contribution in [3.8, 4) is 33.4 Å². The monoisotopic (exact) mass is 694 g/mol. The molecule has 0 aliphatic heterocycles. The molecule has 0 saturated heterocycles. The smallest absolute Gasteiger partial charge is 0.0622 e. The summed E-state index contributed by atoms with van der Waals surface area (Å²) in [5, 5.41) is 12.9. The lowest BCUT2D eigenvalue weighted by atomic mass is 9.67. The van der Waals surface area contributed by atoms with Crippen molar-refractivity contribution in [2.75, 3.05) is 0 Å². The standard InChI is InChI=1S/C55H34/c1-3-17-43(18-4-1)55(44-19-5-2-6-20-44)51-32-38(42-30-40-26-24-36-14-9-15-37-25-27-41(31-42)54(40)53(36)37)28-29-48(51)50-34-49-39(33-52(50)55)16-11-23-47(49)46-22-10-13-35-12-7-8-21-45(35)46/h1-34H. The van der Waals surface area contributed by atoms with E-state index >= 15 is 0 Å². The van der Waals surface area contributed by atoms with E-state index in [-0.39, 0.29) is 0 Å². The second-order valence-corrected chi connectivity index (χ2v) is 15.2. The van der Waals surface area contributed by atoms with Gasteiger partial charge in [-0.2, -0.15) is 0 Å². The maximum absolute atomic E-state index is 2.50. The van der Waals surface area contributed by atoms with Gasteiger partial charge in [-0.3, -0.25) is 0 Å². The van der Waals surface area contributed by atoms with Gasteiger partial charge in [-0.05, 0) is 140 Å². The van der Waals surface area contributed by atoms with Crippen molar-refractivity contribution in [1.29, 1.82) is 0 Å². The number of rotatable bonds is 4. The Morgan fingerprint density at radius 2 is 0.782 bits per heavy atom. The lowest BCUT2D eigenvalue weighted by molar-refractivity contribution is 0.770. The van der Waals surface area contributed by atoms with Crippen LogP contribution < -0.4 is 0 Å². The highest BCUT2D eigenvalue weighted by Crippen LogP contribution is 2.58. The second kappa shape index (κ2) is 11.5. The summed E-state index contributed by atoms with van der Waals surface area (Å²) in [6.07, 6.45) is 0. The van der Waals surface area contributed by atoms with Gasteiger partial charge in [0.1, 0.15) is 0 Å². The molecule has 55 heavy (non-hydrogen) atoms. The van der Waals surface area contributed by atoms with Crippen molar-refractivity contribution in [2.24, 2.45) is 0 Å². The van der Waals surface area contributed by atoms with Crippen LogP contribution in [0.15, 0.2) is 206 Å². The fourth-order valence-electron chi connectivity index (χ4n) is 10.1. The van der Waals surface area contributed by atoms with Gasteiger partial charge in [-0.15, -0.1) is 0 Å². The molecular formula is C55H34. The minimum absolute atomic E-state index is 0.511. The molecule has 0 unspecified atom stereocenters. The topological polar surface area (TPSA) is 0 Å². The summed E-state index contributed by atoms with van der Waals surface area (Å²) in [7, 11) is 0. The van der Waals surface area contributed by atoms with Gasteiger partial charge in [0.2, 0.25) is 0 Å². The van der Waals surface area contributed by atoms with Gasteiger partial charge in [-0.1, -0.05) is 176 Å². The van der Waals surface area contributed by atoms with Gasteiger partial charge in [-0.25, -0.2) is 0 Å². The predicted molar refractivity (Wildman–Crippen MR) is 233 cm³/mol. The molecule has 0 saturated carbocycles. The zero-order valence-corrected chi connectivity index (χ0v) is 30.1. The lowest BCUT2D eigenvalue weighted by Crippen LogP contribution is -2.28. The quantitative estimate of drug-likeness (QED) is 0.161. The Kier molecular flexibility index (Phi) is 6.36. The van der Waals surface area contributed by atoms with Gasteiger partial charge in [0, 0.05) is 0 Å². The van der Waals surface area contributed by atoms with Crippen molar-refractivity contribution in [2.45, 2.75) is 5.41 Å². The van der Waals surface area contributed by atoms with Crippen LogP contribution in [0.25, 0.3) is 87.2 Å². The molecule has 11 aromatic rings. The van der Waals surface area contributed by atoms with E-state index in [0.29, 0.717) is 0 Å². The first-order chi connectivity index (χ1) is 27.3. The van der Waals surface area contributed by atoms with Crippen LogP contribution in [-0.2, 0) is 5.41 Å². The maximum Gasteiger partial charge on any atom is 0.0714 e. The van der Waals surface area contributed by atoms with E-state index in [1.54, 1.807) is 0 Å². The highest BCUT2D eigenvalue weighted by atomic mass is 14.5. The Hall–Kier alpha value is -7.02. The summed E-state index contributed by atoms with van der Waals surface area (Å²) in [5.41, 5.74) is 12.3. The van der Waals surface area contributed by atoms with E-state index in [1.165, 1.54) is 109 Å². The predicted octanol–water partition coefficient (Wildman–Crippen LogP) is 14.6. The third-order valence-corrected chi connectivity index (χ3v) is 12.4. The van der Waals surface area contributed by atoms with E-state index < -0.39 is 5.41 Å². The fourth-order valence-corrected chi connectivity index (χ4v) is 10.1. The molecule has 0 fully saturated rings. The van der Waals surface area contributed by atoms with Crippen LogP contribution in [0.5, 0.6) is 0 Å². The van der Waals surface area contributed by atoms with Gasteiger partial charge in [0.25, 0.3) is 0 Å². The highest BCUT2D eigenvalue weighted by molar-refractivity contribution is 6.23. The van der Waals surface area contributed by atoms with Gasteiger partial charge in [0.15, 0.2) is 0 Å². The Morgan fingerprint density at radius 1 is 0.255 bits per heavy atom. The Morgan fingerprint density at radius 3 is 1.49 bits per heavy atom. The van der Waals surface area contributed by atoms with Crippen LogP contribution in [0.2, 0.25) is 0 Å². The van der Waals surface area contributed by atoms with Gasteiger partial charge >= 0.3 is 0 Å². The molecule has 1 aliphatic carbocycles. The minimum atomic E-state index is -0.511. The van der Waals surface area contributed by atoms with Gasteiger partial charge < -0.3 is 0 Å². The normalized spacial score (nSPS) is 13.2. The summed E-state index contributed by atoms with van der Waals surface area (Å²) in [6.45, 7) is 0. The molecule has 0 aromatic heterocycles. The number of fused-ring (bicyclic) bond motifs is 5. The summed E-state index contributed by atoms with van der Waals surface area (Å²) in [5.74, 6) is 0. The molecule has 0 bridgehead atoms. The Labute approximate surface area is 319 Å². The first-order valence-electron chi connectivity index (χ1n) is 19.2. The minimum Gasteiger partial charge on any atom is -0.0622 e. The zero-order chi connectivity index (χ0) is 36.1. The number of hydrogen-bond acceptors (Lipinski definition) is 0. The third kappa shape index (κ3) is 4.28. The average molecular weight is 695 g/mol. The summed E-state index contributed by atoms with van der Waals surface area (Å²) < 4.78 is 0. The van der Waals surface area contributed by atoms with E-state index in [1.807, 2.05) is 0 Å². The molecule has 11 aromatic carbocycles. The maximum atomic E-state index is 2.50. The molecule has 0 radical (unpaired) electrons. The van der Waals surface area contributed by atoms with E-state index in [9.17, 15) is 0 Å². The van der Waals surface area contributed by atoms with Crippen molar-refractivity contribution in [3.63, 3.8) is 0 Å². The van der Waals surface area contributed by atoms with E-state index in [2.05, 4.69) is 206 Å². The molecular weight excluding hydrogens is 661 g/mol. The van der Waals surface area contributed by atoms with Crippen molar-refractivity contribution in [3.05, 3.63) is 229 Å². The summed E-state index contributed by atoms with van der Waals surface area (Å²) >= 11 is 0. The Balaban J connectivity index is 1.15. The second-order valence-electron chi connectivity index (χ2n) is 15.2. The number of benzene rings is 11. The average Bonchev–Trinajstić information content (AvgIpc) is 3.54. The van der Waals surface area contributed by atoms with Crippen LogP contribution >= 0.6 is 0 Å². The molecule has 0 atom stereocenters. The van der Waals surface area contributed by atoms with Crippen LogP contribution in [-0.4, -0.2) is 0 Å². The van der Waals surface area contributed by atoms with Crippen molar-refractivity contribution >= 4 is 53.9 Å². The molecule has 0 heterocycles. The summed E-state index contributed by atoms with van der Waals surface area (Å²) in [4.78, 5) is 0. The SMILES string of the molecule is c1ccc(C2(c3ccccc3)c3cc(-c4cc5ccc6cccc7ccc(c4)c5c67)ccc3-c3cc4c(-c5cccc6ccccc56)cccc4cc32)cc1. The number of hydrogen-bond donors (Lipinski definition) is 0. The lowest BCUT2D eigenvalue weighted by Gasteiger charge is -2.34. The molecule has 254 valence electrons. The largest absolute Gasteiger partial charge is 0.0714 e. The van der Waals surface area contributed by atoms with Crippen LogP contribution in [0.1, 0.15) is 22.3 Å². The molecule has 12 rings (SSSR count). The van der Waals surface area contributed by atoms with Gasteiger partial charge in [0.05, 0.1) is 5.41 Å². The molecule has 0 nitrogen and oxygen atoms in total. The van der Waals surface area contributed by atoms with Crippen molar-refractivity contribution < 1.29 is 0 Å². The first kappa shape index (κ1) is 30.4. The van der Waals surface area contributed by atoms with Crippen molar-refractivity contribution in [1.82, 2.24) is 0 Å². The molecule has 0 heteroatoms. The molecule has 1 aliphatic rings. The van der Waals surface area contributed by atoms with Crippen LogP contribution in [0, 0.1) is 0 Å². The van der Waals surface area contributed by atoms with Crippen LogP contribution in [0.3, 0.4) is 0 Å². The molecule has 0 spiro atoms. The first-order valence-corrected chi connectivity index (χ1v) is 19.2. The highest BCUT2D eigenvalue weighted by Gasteiger charge is 2.46. The van der Waals surface area contributed by atoms with E-state index in [0.717, 1.165) is 0 Å². The molecule has 0 N–H and O–H groups in total. The molecule has 0 amide bonds. The fraction of sp³-hybridized carbons (Fsp3) is 0.0182. The van der Waals surface area contributed by atoms with E-state index in [4.69, 9.17) is 0 Å². The summed E-state index contributed by atoms with van der Waals surface area (Å²) in [6, 6.07) is 77.4. The third-order valence-electron chi connectivity index (χ3n) is 12.4.